The molecule has 0 spiro atoms. The number of hydrogen-bond donors (Lipinski definition) is 1. The molecular weight excluding hydrogens is 200 g/mol. The molecule has 1 aliphatic heterocycles. The van der Waals surface area contributed by atoms with Crippen LogP contribution in [0, 0.1) is 0 Å². The fourth-order valence-electron chi connectivity index (χ4n) is 0.527. The molecule has 1 rings (SSSR count). The predicted molar refractivity (Wildman–Crippen MR) is 53.4 cm³/mol. The summed E-state index contributed by atoms with van der Waals surface area (Å²) in [5, 5.41) is 8.13. The van der Waals surface area contributed by atoms with Gasteiger partial charge in [0.15, 0.2) is 0 Å². The molecule has 5 nitrogen and oxygen atoms in total. The molecule has 1 saturated heterocycles. The van der Waals surface area contributed by atoms with Crippen molar-refractivity contribution in [2.24, 2.45) is 0 Å². The van der Waals surface area contributed by atoms with Crippen LogP contribution in [0.5, 0.6) is 0 Å². The number of ether oxygens (including phenoxy) is 2. The molecule has 1 unspecified atom stereocenters. The van der Waals surface area contributed by atoms with E-state index in [1.165, 1.54) is 6.42 Å². The van der Waals surface area contributed by atoms with E-state index in [4.69, 9.17) is 9.84 Å². The number of carboxylic acid groups (broad SMARTS) is 1. The van der Waals surface area contributed by atoms with Crippen LogP contribution >= 0.6 is 0 Å². The molecule has 0 radical (unpaired) electrons. The predicted octanol–water partition coefficient (Wildman–Crippen LogP) is 0.986. The molecule has 86 valence electrons. The molecule has 0 amide bonds. The van der Waals surface area contributed by atoms with Crippen molar-refractivity contribution in [2.75, 3.05) is 13.2 Å². The summed E-state index contributed by atoms with van der Waals surface area (Å²) in [6.07, 6.45) is 2.85. The summed E-state index contributed by atoms with van der Waals surface area (Å²) in [6.45, 7) is 5.05. The van der Waals surface area contributed by atoms with Gasteiger partial charge in [-0.25, -0.2) is 9.59 Å². The molecule has 0 bridgehead atoms. The molecule has 1 aliphatic rings. The Bertz CT molecular complexity index is 230. The summed E-state index contributed by atoms with van der Waals surface area (Å²) in [5.74, 6) is -1.83. The molecule has 0 aliphatic carbocycles. The van der Waals surface area contributed by atoms with Crippen LogP contribution in [0.25, 0.3) is 0 Å². The van der Waals surface area contributed by atoms with Gasteiger partial charge in [-0.05, 0) is 0 Å². The summed E-state index contributed by atoms with van der Waals surface area (Å²) in [6, 6.07) is 0. The molecule has 1 N–H and O–H groups in total. The van der Waals surface area contributed by atoms with E-state index in [0.29, 0.717) is 6.61 Å². The zero-order chi connectivity index (χ0) is 11.7. The van der Waals surface area contributed by atoms with E-state index in [-0.39, 0.29) is 12.7 Å². The van der Waals surface area contributed by atoms with Gasteiger partial charge in [0.1, 0.15) is 12.7 Å². The monoisotopic (exact) mass is 216 g/mol. The molecule has 0 saturated carbocycles. The molecule has 1 atom stereocenters. The van der Waals surface area contributed by atoms with Crippen LogP contribution in [-0.2, 0) is 19.1 Å². The van der Waals surface area contributed by atoms with E-state index in [1.807, 2.05) is 0 Å². The standard InChI is InChI=1S/C7H8O5.C3H8/c8-6(9)1-2-7(10)12-4-5-3-11-5;1-3-2/h1-2,5H,3-4H2,(H,8,9);3H2,1-2H3. The number of carbonyl (C=O) groups is 2. The summed E-state index contributed by atoms with van der Waals surface area (Å²) in [5.41, 5.74) is 0. The Labute approximate surface area is 88.7 Å². The Kier molecular flexibility index (Phi) is 7.27. The zero-order valence-corrected chi connectivity index (χ0v) is 8.93. The van der Waals surface area contributed by atoms with Crippen molar-refractivity contribution in [3.8, 4) is 0 Å². The van der Waals surface area contributed by atoms with Gasteiger partial charge in [-0.3, -0.25) is 0 Å². The minimum atomic E-state index is -1.17. The molecule has 1 fully saturated rings. The quantitative estimate of drug-likeness (QED) is 0.430. The van der Waals surface area contributed by atoms with E-state index in [0.717, 1.165) is 12.2 Å². The fraction of sp³-hybridized carbons (Fsp3) is 0.600. The fourth-order valence-corrected chi connectivity index (χ4v) is 0.527. The van der Waals surface area contributed by atoms with Crippen LogP contribution in [0.3, 0.4) is 0 Å². The summed E-state index contributed by atoms with van der Waals surface area (Å²) in [7, 11) is 0. The maximum Gasteiger partial charge on any atom is 0.331 e. The van der Waals surface area contributed by atoms with Gasteiger partial charge in [0.05, 0.1) is 6.61 Å². The van der Waals surface area contributed by atoms with Crippen LogP contribution < -0.4 is 0 Å². The highest BCUT2D eigenvalue weighted by molar-refractivity contribution is 5.90. The maximum atomic E-state index is 10.7. The highest BCUT2D eigenvalue weighted by atomic mass is 16.6. The number of epoxide rings is 1. The van der Waals surface area contributed by atoms with Gasteiger partial charge < -0.3 is 14.6 Å². The van der Waals surface area contributed by atoms with E-state index in [2.05, 4.69) is 18.6 Å². The van der Waals surface area contributed by atoms with Crippen LogP contribution in [0.2, 0.25) is 0 Å². The molecule has 0 aromatic carbocycles. The Balaban J connectivity index is 0.000000583. The number of rotatable bonds is 4. The van der Waals surface area contributed by atoms with Crippen molar-refractivity contribution >= 4 is 11.9 Å². The smallest absolute Gasteiger partial charge is 0.331 e. The Morgan fingerprint density at radius 2 is 2.00 bits per heavy atom. The lowest BCUT2D eigenvalue weighted by Crippen LogP contribution is -2.07. The van der Waals surface area contributed by atoms with Gasteiger partial charge in [0.2, 0.25) is 0 Å². The Hall–Kier alpha value is -1.36. The highest BCUT2D eigenvalue weighted by Crippen LogP contribution is 2.08. The van der Waals surface area contributed by atoms with E-state index >= 15 is 0 Å². The first-order chi connectivity index (χ1) is 7.10. The molecular formula is C10H16O5. The first kappa shape index (κ1) is 13.6. The average Bonchev–Trinajstić information content (AvgIpc) is 2.96. The van der Waals surface area contributed by atoms with Gasteiger partial charge in [0.25, 0.3) is 0 Å². The molecule has 0 aromatic heterocycles. The second kappa shape index (κ2) is 7.99. The van der Waals surface area contributed by atoms with Crippen LogP contribution in [0.4, 0.5) is 0 Å². The van der Waals surface area contributed by atoms with E-state index in [1.54, 1.807) is 0 Å². The lowest BCUT2D eigenvalue weighted by Gasteiger charge is -1.95. The lowest BCUT2D eigenvalue weighted by molar-refractivity contribution is -0.139. The summed E-state index contributed by atoms with van der Waals surface area (Å²) < 4.78 is 9.37. The molecule has 1 heterocycles. The summed E-state index contributed by atoms with van der Waals surface area (Å²) in [4.78, 5) is 20.6. The largest absolute Gasteiger partial charge is 0.478 e. The van der Waals surface area contributed by atoms with Gasteiger partial charge in [-0.1, -0.05) is 20.3 Å². The number of esters is 1. The minimum absolute atomic E-state index is 0.00665. The molecule has 5 heteroatoms. The van der Waals surface area contributed by atoms with Gasteiger partial charge >= 0.3 is 11.9 Å². The second-order valence-corrected chi connectivity index (χ2v) is 2.96. The normalized spacial score (nSPS) is 17.9. The van der Waals surface area contributed by atoms with Crippen molar-refractivity contribution in [1.82, 2.24) is 0 Å². The number of carbonyl (C=O) groups excluding carboxylic acids is 1. The van der Waals surface area contributed by atoms with Crippen LogP contribution in [0.1, 0.15) is 20.3 Å². The van der Waals surface area contributed by atoms with E-state index < -0.39 is 11.9 Å². The Morgan fingerprint density at radius 3 is 2.40 bits per heavy atom. The minimum Gasteiger partial charge on any atom is -0.478 e. The van der Waals surface area contributed by atoms with Crippen molar-refractivity contribution in [2.45, 2.75) is 26.4 Å². The topological polar surface area (TPSA) is 76.1 Å². The van der Waals surface area contributed by atoms with Crippen molar-refractivity contribution in [1.29, 1.82) is 0 Å². The van der Waals surface area contributed by atoms with Crippen LogP contribution in [0.15, 0.2) is 12.2 Å². The van der Waals surface area contributed by atoms with Crippen molar-refractivity contribution in [3.63, 3.8) is 0 Å². The Morgan fingerprint density at radius 1 is 1.47 bits per heavy atom. The SMILES string of the molecule is CCC.O=C(O)C=CC(=O)OCC1CO1. The number of hydrogen-bond acceptors (Lipinski definition) is 4. The van der Waals surface area contributed by atoms with Crippen LogP contribution in [-0.4, -0.2) is 36.4 Å². The van der Waals surface area contributed by atoms with Crippen molar-refractivity contribution in [3.05, 3.63) is 12.2 Å². The lowest BCUT2D eigenvalue weighted by atomic mass is 10.5. The van der Waals surface area contributed by atoms with E-state index in [9.17, 15) is 9.59 Å². The third-order valence-electron chi connectivity index (χ3n) is 1.18. The first-order valence-corrected chi connectivity index (χ1v) is 4.79. The van der Waals surface area contributed by atoms with Gasteiger partial charge in [-0.15, -0.1) is 0 Å². The number of aliphatic carboxylic acids is 1. The number of carboxylic acids is 1. The summed E-state index contributed by atoms with van der Waals surface area (Å²) >= 11 is 0. The second-order valence-electron chi connectivity index (χ2n) is 2.96. The maximum absolute atomic E-state index is 10.7. The van der Waals surface area contributed by atoms with Gasteiger partial charge in [-0.2, -0.15) is 0 Å². The molecule has 0 aromatic rings. The first-order valence-electron chi connectivity index (χ1n) is 4.79. The molecule has 15 heavy (non-hydrogen) atoms. The third-order valence-corrected chi connectivity index (χ3v) is 1.18. The van der Waals surface area contributed by atoms with Gasteiger partial charge in [0, 0.05) is 12.2 Å². The zero-order valence-electron chi connectivity index (χ0n) is 8.93. The third kappa shape index (κ3) is 10.6. The average molecular weight is 216 g/mol. The highest BCUT2D eigenvalue weighted by Gasteiger charge is 2.23. The van der Waals surface area contributed by atoms with Crippen molar-refractivity contribution < 1.29 is 24.2 Å².